The molecule has 3 aliphatic heterocycles. The zero-order valence-electron chi connectivity index (χ0n) is 25.0. The molecular weight excluding hydrogens is 578 g/mol. The number of piperidine rings is 1. The highest BCUT2D eigenvalue weighted by Gasteiger charge is 2.54. The summed E-state index contributed by atoms with van der Waals surface area (Å²) >= 11 is 0. The third-order valence-corrected chi connectivity index (χ3v) is 8.37. The molecule has 3 aromatic rings. The van der Waals surface area contributed by atoms with Gasteiger partial charge < -0.3 is 39.5 Å². The first kappa shape index (κ1) is 29.8. The molecule has 0 unspecified atom stereocenters. The molecule has 1 spiro atoms. The second-order valence-electron chi connectivity index (χ2n) is 11.1. The Morgan fingerprint density at radius 3 is 2.40 bits per heavy atom. The average molecular weight is 614 g/mol. The van der Waals surface area contributed by atoms with Crippen molar-refractivity contribution in [3.63, 3.8) is 0 Å². The molecule has 3 aromatic carbocycles. The number of nitrogens with one attached hydrogen (secondary N) is 2. The summed E-state index contributed by atoms with van der Waals surface area (Å²) in [5.41, 5.74) is 1.82. The molecule has 234 valence electrons. The average Bonchev–Trinajstić information content (AvgIpc) is 3.63. The van der Waals surface area contributed by atoms with Gasteiger partial charge in [-0.2, -0.15) is 0 Å². The second-order valence-corrected chi connectivity index (χ2v) is 11.1. The lowest BCUT2D eigenvalue weighted by atomic mass is 9.85. The predicted octanol–water partition coefficient (Wildman–Crippen LogP) is 3.58. The SMILES string of the molecule is CCOC(=O)c1ccc(NC(=O)N2CCC3(CC2)C(=O)N(CC(=O)NCc2ccc4c(c2)OCO4)CN3c2ccccc2)cc1. The van der Waals surface area contributed by atoms with E-state index in [2.05, 4.69) is 15.5 Å². The fourth-order valence-corrected chi connectivity index (χ4v) is 5.99. The summed E-state index contributed by atoms with van der Waals surface area (Å²) in [7, 11) is 0. The van der Waals surface area contributed by atoms with Gasteiger partial charge in [-0.15, -0.1) is 0 Å². The van der Waals surface area contributed by atoms with Crippen molar-refractivity contribution < 1.29 is 33.4 Å². The molecule has 0 bridgehead atoms. The number of hydrogen-bond acceptors (Lipinski definition) is 8. The molecule has 2 N–H and O–H groups in total. The summed E-state index contributed by atoms with van der Waals surface area (Å²) in [5.74, 6) is 0.504. The molecule has 0 radical (unpaired) electrons. The number of fused-ring (bicyclic) bond motifs is 1. The highest BCUT2D eigenvalue weighted by Crippen LogP contribution is 2.39. The van der Waals surface area contributed by atoms with Crippen LogP contribution in [0.15, 0.2) is 72.8 Å². The predicted molar refractivity (Wildman–Crippen MR) is 165 cm³/mol. The van der Waals surface area contributed by atoms with Gasteiger partial charge in [-0.05, 0) is 73.9 Å². The van der Waals surface area contributed by atoms with E-state index in [9.17, 15) is 19.2 Å². The van der Waals surface area contributed by atoms with Gasteiger partial charge in [-0.1, -0.05) is 24.3 Å². The molecule has 3 aliphatic rings. The fourth-order valence-electron chi connectivity index (χ4n) is 5.99. The standard InChI is InChI=1S/C33H35N5O7/c1-2-43-30(40)24-9-11-25(12-10-24)35-32(42)36-16-14-33(15-17-36)31(41)37(21-38(33)26-6-4-3-5-7-26)20-29(39)34-19-23-8-13-27-28(18-23)45-22-44-27/h3-13,18H,2,14-17,19-22H2,1H3,(H,34,39)(H,35,42). The molecule has 4 amide bonds. The number of carbonyl (C=O) groups is 4. The molecule has 0 aliphatic carbocycles. The second kappa shape index (κ2) is 12.8. The summed E-state index contributed by atoms with van der Waals surface area (Å²) in [6, 6.07) is 21.4. The first-order valence-electron chi connectivity index (χ1n) is 15.0. The van der Waals surface area contributed by atoms with Gasteiger partial charge in [0.05, 0.1) is 18.8 Å². The van der Waals surface area contributed by atoms with E-state index in [1.807, 2.05) is 48.5 Å². The Balaban J connectivity index is 1.09. The van der Waals surface area contributed by atoms with Crippen LogP contribution in [-0.2, 0) is 20.9 Å². The van der Waals surface area contributed by atoms with Crippen LogP contribution >= 0.6 is 0 Å². The molecule has 45 heavy (non-hydrogen) atoms. The van der Waals surface area contributed by atoms with Crippen LogP contribution in [0.3, 0.4) is 0 Å². The molecule has 12 heteroatoms. The Morgan fingerprint density at radius 1 is 0.933 bits per heavy atom. The number of urea groups is 1. The first-order valence-corrected chi connectivity index (χ1v) is 15.0. The van der Waals surface area contributed by atoms with Gasteiger partial charge in [0.25, 0.3) is 5.91 Å². The molecular formula is C33H35N5O7. The third kappa shape index (κ3) is 6.21. The number of esters is 1. The van der Waals surface area contributed by atoms with E-state index < -0.39 is 11.5 Å². The van der Waals surface area contributed by atoms with Crippen LogP contribution in [0.2, 0.25) is 0 Å². The lowest BCUT2D eigenvalue weighted by Gasteiger charge is -2.43. The molecule has 0 aromatic heterocycles. The van der Waals surface area contributed by atoms with Gasteiger partial charge in [-0.3, -0.25) is 9.59 Å². The Morgan fingerprint density at radius 2 is 1.67 bits per heavy atom. The molecule has 6 rings (SSSR count). The van der Waals surface area contributed by atoms with Gasteiger partial charge in [-0.25, -0.2) is 9.59 Å². The summed E-state index contributed by atoms with van der Waals surface area (Å²) in [6.45, 7) is 3.38. The number of benzene rings is 3. The van der Waals surface area contributed by atoms with Crippen molar-refractivity contribution in [2.24, 2.45) is 0 Å². The molecule has 2 fully saturated rings. The molecule has 0 atom stereocenters. The minimum Gasteiger partial charge on any atom is -0.462 e. The number of hydrogen-bond donors (Lipinski definition) is 2. The van der Waals surface area contributed by atoms with Crippen LogP contribution in [0.1, 0.15) is 35.7 Å². The Kier molecular flexibility index (Phi) is 8.45. The van der Waals surface area contributed by atoms with Crippen molar-refractivity contribution in [3.05, 3.63) is 83.9 Å². The number of nitrogens with zero attached hydrogens (tertiary/aromatic N) is 3. The lowest BCUT2D eigenvalue weighted by Crippen LogP contribution is -2.58. The van der Waals surface area contributed by atoms with E-state index in [4.69, 9.17) is 14.2 Å². The molecule has 2 saturated heterocycles. The zero-order chi connectivity index (χ0) is 31.4. The minimum atomic E-state index is -0.878. The number of anilines is 2. The molecule has 0 saturated carbocycles. The Labute approximate surface area is 260 Å². The maximum absolute atomic E-state index is 14.0. The quantitative estimate of drug-likeness (QED) is 0.369. The molecule has 3 heterocycles. The monoisotopic (exact) mass is 613 g/mol. The van der Waals surface area contributed by atoms with E-state index in [-0.39, 0.29) is 44.5 Å². The van der Waals surface area contributed by atoms with Crippen LogP contribution < -0.4 is 25.0 Å². The van der Waals surface area contributed by atoms with Crippen molar-refractivity contribution in [1.82, 2.24) is 15.1 Å². The highest BCUT2D eigenvalue weighted by atomic mass is 16.7. The fraction of sp³-hybridized carbons (Fsp3) is 0.333. The number of rotatable bonds is 8. The number of para-hydroxylation sites is 1. The van der Waals surface area contributed by atoms with Gasteiger partial charge in [0.1, 0.15) is 12.1 Å². The number of carbonyl (C=O) groups excluding carboxylic acids is 4. The smallest absolute Gasteiger partial charge is 0.338 e. The minimum absolute atomic E-state index is 0.0829. The van der Waals surface area contributed by atoms with Gasteiger partial charge in [0.2, 0.25) is 12.7 Å². The van der Waals surface area contributed by atoms with Crippen LogP contribution in [0, 0.1) is 0 Å². The van der Waals surface area contributed by atoms with Crippen LogP contribution in [0.4, 0.5) is 16.2 Å². The summed E-state index contributed by atoms with van der Waals surface area (Å²) in [4.78, 5) is 57.4. The van der Waals surface area contributed by atoms with Crippen molar-refractivity contribution in [2.45, 2.75) is 31.8 Å². The van der Waals surface area contributed by atoms with E-state index in [1.165, 1.54) is 0 Å². The molecule has 12 nitrogen and oxygen atoms in total. The lowest BCUT2D eigenvalue weighted by molar-refractivity contribution is -0.137. The Hall–Kier alpha value is -5.26. The summed E-state index contributed by atoms with van der Waals surface area (Å²) < 4.78 is 15.8. The van der Waals surface area contributed by atoms with E-state index >= 15 is 0 Å². The van der Waals surface area contributed by atoms with Gasteiger partial charge >= 0.3 is 12.0 Å². The highest BCUT2D eigenvalue weighted by molar-refractivity contribution is 5.97. The summed E-state index contributed by atoms with van der Waals surface area (Å²) in [6.07, 6.45) is 0.816. The number of ether oxygens (including phenoxy) is 3. The number of amides is 4. The van der Waals surface area contributed by atoms with Crippen LogP contribution in [-0.4, -0.2) is 78.9 Å². The van der Waals surface area contributed by atoms with Crippen LogP contribution in [0.5, 0.6) is 11.5 Å². The van der Waals surface area contributed by atoms with Crippen molar-refractivity contribution in [3.8, 4) is 11.5 Å². The van der Waals surface area contributed by atoms with Crippen LogP contribution in [0.25, 0.3) is 0 Å². The van der Waals surface area contributed by atoms with Gasteiger partial charge in [0.15, 0.2) is 11.5 Å². The number of likely N-dealkylation sites (tertiary alicyclic amines) is 1. The zero-order valence-corrected chi connectivity index (χ0v) is 25.0. The van der Waals surface area contributed by atoms with E-state index in [1.54, 1.807) is 41.0 Å². The van der Waals surface area contributed by atoms with Crippen molar-refractivity contribution in [2.75, 3.05) is 49.9 Å². The maximum atomic E-state index is 14.0. The topological polar surface area (TPSA) is 130 Å². The van der Waals surface area contributed by atoms with Crippen molar-refractivity contribution >= 4 is 35.2 Å². The van der Waals surface area contributed by atoms with E-state index in [0.717, 1.165) is 11.3 Å². The maximum Gasteiger partial charge on any atom is 0.338 e. The summed E-state index contributed by atoms with van der Waals surface area (Å²) in [5, 5.41) is 5.79. The Bertz CT molecular complexity index is 1570. The van der Waals surface area contributed by atoms with Crippen molar-refractivity contribution in [1.29, 1.82) is 0 Å². The third-order valence-electron chi connectivity index (χ3n) is 8.37. The van der Waals surface area contributed by atoms with E-state index in [0.29, 0.717) is 55.2 Å². The largest absolute Gasteiger partial charge is 0.462 e. The first-order chi connectivity index (χ1) is 21.9. The van der Waals surface area contributed by atoms with Gasteiger partial charge in [0, 0.05) is 31.0 Å². The normalized spacial score (nSPS) is 16.6.